The summed E-state index contributed by atoms with van der Waals surface area (Å²) in [6, 6.07) is 0.723. The molecular formula is C15H25N. The Labute approximate surface area is 99.7 Å². The van der Waals surface area contributed by atoms with E-state index in [0.29, 0.717) is 0 Å². The van der Waals surface area contributed by atoms with Crippen LogP contribution in [0, 0.1) is 29.6 Å². The third-order valence-corrected chi connectivity index (χ3v) is 5.16. The van der Waals surface area contributed by atoms with Gasteiger partial charge in [0.05, 0.1) is 0 Å². The van der Waals surface area contributed by atoms with Crippen LogP contribution in [0.3, 0.4) is 0 Å². The molecule has 0 heterocycles. The Morgan fingerprint density at radius 1 is 1.19 bits per heavy atom. The topological polar surface area (TPSA) is 12.0 Å². The van der Waals surface area contributed by atoms with Crippen LogP contribution in [0.5, 0.6) is 0 Å². The molecule has 0 saturated heterocycles. The van der Waals surface area contributed by atoms with E-state index in [4.69, 9.17) is 0 Å². The average Bonchev–Trinajstić information content (AvgIpc) is 2.94. The monoisotopic (exact) mass is 219 g/mol. The number of hydrogen-bond donors (Lipinski definition) is 1. The lowest BCUT2D eigenvalue weighted by atomic mass is 9.87. The van der Waals surface area contributed by atoms with Gasteiger partial charge in [0.1, 0.15) is 0 Å². The predicted molar refractivity (Wildman–Crippen MR) is 68.2 cm³/mol. The van der Waals surface area contributed by atoms with Gasteiger partial charge >= 0.3 is 0 Å². The summed E-state index contributed by atoms with van der Waals surface area (Å²) in [5.74, 6) is 4.67. The molecule has 0 spiro atoms. The molecule has 0 aromatic carbocycles. The fourth-order valence-corrected chi connectivity index (χ4v) is 3.75. The third kappa shape index (κ3) is 2.07. The first-order valence-corrected chi connectivity index (χ1v) is 7.15. The van der Waals surface area contributed by atoms with Crippen LogP contribution < -0.4 is 5.32 Å². The standard InChI is InChI=1S/C15H25N/c1-10(13-5-6-13)9-16-11(2)15-8-12-3-4-14(15)7-12/h3-4,10-16H,5-9H2,1-2H3. The van der Waals surface area contributed by atoms with E-state index in [-0.39, 0.29) is 0 Å². The summed E-state index contributed by atoms with van der Waals surface area (Å²) < 4.78 is 0. The largest absolute Gasteiger partial charge is 0.314 e. The molecular weight excluding hydrogens is 194 g/mol. The molecule has 1 nitrogen and oxygen atoms in total. The van der Waals surface area contributed by atoms with Gasteiger partial charge in [-0.05, 0) is 68.7 Å². The van der Waals surface area contributed by atoms with Crippen molar-refractivity contribution in [2.45, 2.75) is 45.6 Å². The van der Waals surface area contributed by atoms with Crippen molar-refractivity contribution in [3.63, 3.8) is 0 Å². The van der Waals surface area contributed by atoms with Gasteiger partial charge in [-0.2, -0.15) is 0 Å². The summed E-state index contributed by atoms with van der Waals surface area (Å²) in [5, 5.41) is 3.80. The molecule has 0 amide bonds. The molecule has 2 saturated carbocycles. The predicted octanol–water partition coefficient (Wildman–Crippen LogP) is 3.22. The van der Waals surface area contributed by atoms with Crippen molar-refractivity contribution in [1.82, 2.24) is 5.32 Å². The van der Waals surface area contributed by atoms with Gasteiger partial charge in [-0.1, -0.05) is 19.1 Å². The van der Waals surface area contributed by atoms with Crippen LogP contribution in [0.1, 0.15) is 39.5 Å². The number of hydrogen-bond acceptors (Lipinski definition) is 1. The summed E-state index contributed by atoms with van der Waals surface area (Å²) in [7, 11) is 0. The van der Waals surface area contributed by atoms with Crippen LogP contribution in [0.15, 0.2) is 12.2 Å². The molecule has 90 valence electrons. The molecule has 0 aliphatic heterocycles. The molecule has 1 heteroatoms. The third-order valence-electron chi connectivity index (χ3n) is 5.16. The van der Waals surface area contributed by atoms with Crippen LogP contribution in [0.25, 0.3) is 0 Å². The molecule has 5 atom stereocenters. The van der Waals surface area contributed by atoms with E-state index in [9.17, 15) is 0 Å². The highest BCUT2D eigenvalue weighted by atomic mass is 14.9. The molecule has 3 aliphatic carbocycles. The minimum Gasteiger partial charge on any atom is -0.314 e. The van der Waals surface area contributed by atoms with E-state index < -0.39 is 0 Å². The number of fused-ring (bicyclic) bond motifs is 2. The van der Waals surface area contributed by atoms with Gasteiger partial charge in [0.2, 0.25) is 0 Å². The molecule has 16 heavy (non-hydrogen) atoms. The fraction of sp³-hybridized carbons (Fsp3) is 0.867. The Kier molecular flexibility index (Phi) is 2.83. The number of allylic oxidation sites excluding steroid dienone is 2. The van der Waals surface area contributed by atoms with Gasteiger partial charge in [-0.25, -0.2) is 0 Å². The normalized spacial score (nSPS) is 40.2. The quantitative estimate of drug-likeness (QED) is 0.700. The zero-order valence-corrected chi connectivity index (χ0v) is 10.7. The van der Waals surface area contributed by atoms with Crippen molar-refractivity contribution in [2.75, 3.05) is 6.54 Å². The maximum atomic E-state index is 3.80. The lowest BCUT2D eigenvalue weighted by Gasteiger charge is -2.27. The summed E-state index contributed by atoms with van der Waals surface area (Å²) in [6.45, 7) is 6.06. The number of nitrogens with one attached hydrogen (secondary N) is 1. The highest BCUT2D eigenvalue weighted by Gasteiger charge is 2.38. The first-order valence-electron chi connectivity index (χ1n) is 7.15. The minimum atomic E-state index is 0.723. The van der Waals surface area contributed by atoms with Crippen molar-refractivity contribution < 1.29 is 0 Å². The maximum absolute atomic E-state index is 3.80. The SMILES string of the molecule is CC(CNC(C)C1CC2C=CC1C2)C1CC1. The van der Waals surface area contributed by atoms with Gasteiger partial charge < -0.3 is 5.32 Å². The maximum Gasteiger partial charge on any atom is 0.00729 e. The van der Waals surface area contributed by atoms with Crippen molar-refractivity contribution in [1.29, 1.82) is 0 Å². The van der Waals surface area contributed by atoms with Gasteiger partial charge in [-0.15, -0.1) is 0 Å². The van der Waals surface area contributed by atoms with E-state index in [1.54, 1.807) is 0 Å². The second-order valence-corrected chi connectivity index (χ2v) is 6.46. The van der Waals surface area contributed by atoms with E-state index >= 15 is 0 Å². The van der Waals surface area contributed by atoms with Crippen molar-refractivity contribution in [3.05, 3.63) is 12.2 Å². The van der Waals surface area contributed by atoms with E-state index in [1.807, 2.05) is 0 Å². The molecule has 5 unspecified atom stereocenters. The van der Waals surface area contributed by atoms with E-state index in [2.05, 4.69) is 31.3 Å². The highest BCUT2D eigenvalue weighted by Crippen LogP contribution is 2.45. The van der Waals surface area contributed by atoms with Crippen LogP contribution in [-0.2, 0) is 0 Å². The Hall–Kier alpha value is -0.300. The van der Waals surface area contributed by atoms with Gasteiger partial charge in [0, 0.05) is 6.04 Å². The number of rotatable bonds is 5. The molecule has 2 fully saturated rings. The second-order valence-electron chi connectivity index (χ2n) is 6.46. The van der Waals surface area contributed by atoms with Crippen molar-refractivity contribution in [3.8, 4) is 0 Å². The average molecular weight is 219 g/mol. The zero-order chi connectivity index (χ0) is 11.1. The van der Waals surface area contributed by atoms with Crippen LogP contribution in [-0.4, -0.2) is 12.6 Å². The van der Waals surface area contributed by atoms with Gasteiger partial charge in [-0.3, -0.25) is 0 Å². The molecule has 2 bridgehead atoms. The summed E-state index contributed by atoms with van der Waals surface area (Å²) in [4.78, 5) is 0. The first-order chi connectivity index (χ1) is 7.74. The van der Waals surface area contributed by atoms with Crippen LogP contribution in [0.2, 0.25) is 0 Å². The molecule has 3 rings (SSSR count). The Bertz CT molecular complexity index is 279. The molecule has 3 aliphatic rings. The Morgan fingerprint density at radius 2 is 2.00 bits per heavy atom. The Morgan fingerprint density at radius 3 is 2.56 bits per heavy atom. The minimum absolute atomic E-state index is 0.723. The zero-order valence-electron chi connectivity index (χ0n) is 10.7. The van der Waals surface area contributed by atoms with Gasteiger partial charge in [0.25, 0.3) is 0 Å². The molecule has 1 N–H and O–H groups in total. The Balaban J connectivity index is 1.46. The molecule has 0 aromatic rings. The van der Waals surface area contributed by atoms with Crippen molar-refractivity contribution >= 4 is 0 Å². The van der Waals surface area contributed by atoms with Gasteiger partial charge in [0.15, 0.2) is 0 Å². The molecule has 0 radical (unpaired) electrons. The second kappa shape index (κ2) is 4.18. The smallest absolute Gasteiger partial charge is 0.00729 e. The van der Waals surface area contributed by atoms with E-state index in [1.165, 1.54) is 32.2 Å². The highest BCUT2D eigenvalue weighted by molar-refractivity contribution is 5.11. The fourth-order valence-electron chi connectivity index (χ4n) is 3.75. The van der Waals surface area contributed by atoms with Crippen LogP contribution >= 0.6 is 0 Å². The first kappa shape index (κ1) is 10.8. The summed E-state index contributed by atoms with van der Waals surface area (Å²) in [6.07, 6.45) is 10.8. The van der Waals surface area contributed by atoms with E-state index in [0.717, 1.165) is 35.6 Å². The molecule has 0 aromatic heterocycles. The lowest BCUT2D eigenvalue weighted by Crippen LogP contribution is -2.38. The summed E-state index contributed by atoms with van der Waals surface area (Å²) in [5.41, 5.74) is 0. The summed E-state index contributed by atoms with van der Waals surface area (Å²) >= 11 is 0. The van der Waals surface area contributed by atoms with Crippen LogP contribution in [0.4, 0.5) is 0 Å². The van der Waals surface area contributed by atoms with Crippen molar-refractivity contribution in [2.24, 2.45) is 29.6 Å². The lowest BCUT2D eigenvalue weighted by molar-refractivity contribution is 0.307.